The van der Waals surface area contributed by atoms with Gasteiger partial charge in [0.25, 0.3) is 0 Å². The summed E-state index contributed by atoms with van der Waals surface area (Å²) in [6.45, 7) is 0. The summed E-state index contributed by atoms with van der Waals surface area (Å²) < 4.78 is -0.671. The van der Waals surface area contributed by atoms with Crippen molar-refractivity contribution in [2.75, 3.05) is 0 Å². The Morgan fingerprint density at radius 3 is 2.70 bits per heavy atom. The molecular weight excluding hydrogens is 190 g/mol. The van der Waals surface area contributed by atoms with E-state index >= 15 is 0 Å². The minimum atomic E-state index is -0.671. The normalized spacial score (nSPS) is 48.5. The quantitative estimate of drug-likeness (QED) is 0.414. The fourth-order valence-electron chi connectivity index (χ4n) is 1.73. The Morgan fingerprint density at radius 1 is 1.40 bits per heavy atom. The molecular formula is C7H7Cl3. The van der Waals surface area contributed by atoms with E-state index in [1.54, 1.807) is 0 Å². The molecule has 0 aromatic heterocycles. The molecule has 3 heteroatoms. The van der Waals surface area contributed by atoms with E-state index < -0.39 is 4.33 Å². The molecule has 1 saturated carbocycles. The molecule has 0 aromatic rings. The molecule has 0 aromatic carbocycles. The Morgan fingerprint density at radius 2 is 2.10 bits per heavy atom. The van der Waals surface area contributed by atoms with E-state index in [1.807, 2.05) is 0 Å². The predicted octanol–water partition coefficient (Wildman–Crippen LogP) is 2.97. The molecule has 3 atom stereocenters. The molecule has 1 fully saturated rings. The highest BCUT2D eigenvalue weighted by molar-refractivity contribution is 6.53. The van der Waals surface area contributed by atoms with Gasteiger partial charge in [-0.15, -0.1) is 11.6 Å². The van der Waals surface area contributed by atoms with E-state index in [2.05, 4.69) is 12.2 Å². The summed E-state index contributed by atoms with van der Waals surface area (Å²) in [5, 5.41) is -0.0837. The van der Waals surface area contributed by atoms with Crippen molar-refractivity contribution in [2.24, 2.45) is 11.8 Å². The second-order valence-corrected chi connectivity index (χ2v) is 4.84. The first kappa shape index (κ1) is 7.27. The maximum atomic E-state index is 5.95. The molecule has 0 spiro atoms. The summed E-state index contributed by atoms with van der Waals surface area (Å²) >= 11 is 17.8. The molecule has 0 bridgehead atoms. The van der Waals surface area contributed by atoms with Crippen molar-refractivity contribution in [3.63, 3.8) is 0 Å². The third-order valence-electron chi connectivity index (χ3n) is 2.41. The van der Waals surface area contributed by atoms with Crippen molar-refractivity contribution in [1.82, 2.24) is 0 Å². The molecule has 0 amide bonds. The average molecular weight is 197 g/mol. The van der Waals surface area contributed by atoms with Gasteiger partial charge in [-0.3, -0.25) is 0 Å². The summed E-state index contributed by atoms with van der Waals surface area (Å²) in [6, 6.07) is 0. The Labute approximate surface area is 75.1 Å². The Hall–Kier alpha value is 0.610. The van der Waals surface area contributed by atoms with Crippen LogP contribution in [0, 0.1) is 11.8 Å². The van der Waals surface area contributed by atoms with E-state index in [0.29, 0.717) is 11.8 Å². The standard InChI is InChI=1S/C7H7Cl3/c8-6-4-2-1-3-5(4)7(6,9)10/h1-2,4-6H,3H2. The molecule has 0 saturated heterocycles. The number of hydrogen-bond donors (Lipinski definition) is 0. The van der Waals surface area contributed by atoms with Crippen LogP contribution < -0.4 is 0 Å². The van der Waals surface area contributed by atoms with Crippen LogP contribution in [-0.4, -0.2) is 9.71 Å². The van der Waals surface area contributed by atoms with Crippen LogP contribution in [0.2, 0.25) is 0 Å². The lowest BCUT2D eigenvalue weighted by Crippen LogP contribution is -2.54. The van der Waals surface area contributed by atoms with Crippen molar-refractivity contribution in [2.45, 2.75) is 16.1 Å². The zero-order valence-corrected chi connectivity index (χ0v) is 7.50. The fourth-order valence-corrected chi connectivity index (χ4v) is 2.91. The lowest BCUT2D eigenvalue weighted by Gasteiger charge is -2.48. The number of rotatable bonds is 0. The first-order chi connectivity index (χ1) is 4.64. The third-order valence-corrected chi connectivity index (χ3v) is 4.30. The van der Waals surface area contributed by atoms with Crippen molar-refractivity contribution in [3.8, 4) is 0 Å². The van der Waals surface area contributed by atoms with Gasteiger partial charge in [-0.25, -0.2) is 0 Å². The smallest absolute Gasteiger partial charge is 0.119 e. The predicted molar refractivity (Wildman–Crippen MR) is 44.8 cm³/mol. The van der Waals surface area contributed by atoms with Gasteiger partial charge in [0.15, 0.2) is 0 Å². The third kappa shape index (κ3) is 0.704. The molecule has 2 aliphatic carbocycles. The molecule has 0 N–H and O–H groups in total. The van der Waals surface area contributed by atoms with E-state index in [-0.39, 0.29) is 5.38 Å². The van der Waals surface area contributed by atoms with Gasteiger partial charge >= 0.3 is 0 Å². The van der Waals surface area contributed by atoms with Gasteiger partial charge < -0.3 is 0 Å². The minimum absolute atomic E-state index is 0.0837. The van der Waals surface area contributed by atoms with Crippen LogP contribution in [0.5, 0.6) is 0 Å². The molecule has 10 heavy (non-hydrogen) atoms. The highest BCUT2D eigenvalue weighted by Gasteiger charge is 2.59. The van der Waals surface area contributed by atoms with Crippen LogP contribution in [0.15, 0.2) is 12.2 Å². The Balaban J connectivity index is 2.20. The molecule has 2 rings (SSSR count). The lowest BCUT2D eigenvalue weighted by atomic mass is 9.74. The topological polar surface area (TPSA) is 0 Å². The summed E-state index contributed by atoms with van der Waals surface area (Å²) in [4.78, 5) is 0. The summed E-state index contributed by atoms with van der Waals surface area (Å²) in [7, 11) is 0. The number of allylic oxidation sites excluding steroid dienone is 2. The molecule has 0 heterocycles. The van der Waals surface area contributed by atoms with Crippen LogP contribution >= 0.6 is 34.8 Å². The lowest BCUT2D eigenvalue weighted by molar-refractivity contribution is 0.233. The van der Waals surface area contributed by atoms with Gasteiger partial charge in [0.05, 0.1) is 5.38 Å². The van der Waals surface area contributed by atoms with E-state index in [9.17, 15) is 0 Å². The van der Waals surface area contributed by atoms with Crippen LogP contribution in [0.4, 0.5) is 0 Å². The molecule has 56 valence electrons. The number of halogens is 3. The first-order valence-electron chi connectivity index (χ1n) is 3.32. The van der Waals surface area contributed by atoms with Crippen molar-refractivity contribution in [3.05, 3.63) is 12.2 Å². The van der Waals surface area contributed by atoms with Gasteiger partial charge in [-0.2, -0.15) is 0 Å². The molecule has 0 aliphatic heterocycles. The molecule has 0 nitrogen and oxygen atoms in total. The largest absolute Gasteiger partial charge is 0.138 e. The Bertz CT molecular complexity index is 185. The van der Waals surface area contributed by atoms with Crippen LogP contribution in [0.25, 0.3) is 0 Å². The van der Waals surface area contributed by atoms with Gasteiger partial charge in [-0.05, 0) is 6.42 Å². The van der Waals surface area contributed by atoms with Gasteiger partial charge in [0, 0.05) is 11.8 Å². The SMILES string of the molecule is ClC1C2C=CCC2C1(Cl)Cl. The van der Waals surface area contributed by atoms with Crippen molar-refractivity contribution < 1.29 is 0 Å². The van der Waals surface area contributed by atoms with E-state index in [4.69, 9.17) is 34.8 Å². The summed E-state index contributed by atoms with van der Waals surface area (Å²) in [5.74, 6) is 0.801. The number of hydrogen-bond acceptors (Lipinski definition) is 0. The van der Waals surface area contributed by atoms with E-state index in [0.717, 1.165) is 6.42 Å². The van der Waals surface area contributed by atoms with Crippen LogP contribution in [0.1, 0.15) is 6.42 Å². The first-order valence-corrected chi connectivity index (χ1v) is 4.52. The maximum Gasteiger partial charge on any atom is 0.138 e. The van der Waals surface area contributed by atoms with Crippen molar-refractivity contribution >= 4 is 34.8 Å². The second-order valence-electron chi connectivity index (χ2n) is 2.92. The molecule has 3 unspecified atom stereocenters. The van der Waals surface area contributed by atoms with Crippen LogP contribution in [0.3, 0.4) is 0 Å². The monoisotopic (exact) mass is 196 g/mol. The number of fused-ring (bicyclic) bond motifs is 1. The highest BCUT2D eigenvalue weighted by Crippen LogP contribution is 2.59. The highest BCUT2D eigenvalue weighted by atomic mass is 35.5. The molecule has 2 aliphatic rings. The minimum Gasteiger partial charge on any atom is -0.119 e. The average Bonchev–Trinajstić information content (AvgIpc) is 2.31. The molecule has 0 radical (unpaired) electrons. The van der Waals surface area contributed by atoms with Crippen LogP contribution in [-0.2, 0) is 0 Å². The van der Waals surface area contributed by atoms with Gasteiger partial charge in [-0.1, -0.05) is 35.4 Å². The second kappa shape index (κ2) is 2.06. The zero-order valence-electron chi connectivity index (χ0n) is 5.23. The zero-order chi connectivity index (χ0) is 7.35. The number of alkyl halides is 3. The van der Waals surface area contributed by atoms with Crippen molar-refractivity contribution in [1.29, 1.82) is 0 Å². The van der Waals surface area contributed by atoms with Gasteiger partial charge in [0.1, 0.15) is 4.33 Å². The summed E-state index contributed by atoms with van der Waals surface area (Å²) in [5.41, 5.74) is 0. The Kier molecular flexibility index (Phi) is 1.50. The van der Waals surface area contributed by atoms with E-state index in [1.165, 1.54) is 0 Å². The summed E-state index contributed by atoms with van der Waals surface area (Å²) in [6.07, 6.45) is 5.21. The maximum absolute atomic E-state index is 5.95. The van der Waals surface area contributed by atoms with Gasteiger partial charge in [0.2, 0.25) is 0 Å². The fraction of sp³-hybridized carbons (Fsp3) is 0.714.